The van der Waals surface area contributed by atoms with Crippen LogP contribution in [-0.4, -0.2) is 12.6 Å². The van der Waals surface area contributed by atoms with E-state index in [-0.39, 0.29) is 5.41 Å². The highest BCUT2D eigenvalue weighted by molar-refractivity contribution is 5.38. The average molecular weight is 215 g/mol. The second-order valence-corrected chi connectivity index (χ2v) is 4.71. The smallest absolute Gasteiger partial charge is 0.211 e. The first-order chi connectivity index (χ1) is 7.78. The molecule has 0 amide bonds. The summed E-state index contributed by atoms with van der Waals surface area (Å²) in [5.41, 5.74) is 2.78. The Bertz CT molecular complexity index is 412. The fraction of sp³-hybridized carbons (Fsp3) is 0.500. The molecule has 0 aromatic heterocycles. The van der Waals surface area contributed by atoms with Gasteiger partial charge in [0.25, 0.3) is 0 Å². The van der Waals surface area contributed by atoms with Crippen LogP contribution in [0.4, 0.5) is 0 Å². The standard InChI is InChI=1S/C14H17NO/c1-12-6-2-3-7-13(12)14(10-15-11-16)8-4-5-9-14/h2-3,6-7H,4-5,8-10H2,1H3. The number of hydrogen-bond donors (Lipinski definition) is 0. The molecule has 0 spiro atoms. The lowest BCUT2D eigenvalue weighted by Gasteiger charge is -2.28. The summed E-state index contributed by atoms with van der Waals surface area (Å²) < 4.78 is 0. The normalized spacial score (nSPS) is 18.1. The van der Waals surface area contributed by atoms with E-state index < -0.39 is 0 Å². The van der Waals surface area contributed by atoms with Crippen LogP contribution in [0.5, 0.6) is 0 Å². The maximum absolute atomic E-state index is 10.3. The molecule has 1 aliphatic carbocycles. The minimum Gasteiger partial charge on any atom is -0.211 e. The molecule has 1 saturated carbocycles. The molecule has 1 aromatic rings. The van der Waals surface area contributed by atoms with Gasteiger partial charge in [-0.1, -0.05) is 37.1 Å². The Morgan fingerprint density at radius 3 is 2.62 bits per heavy atom. The summed E-state index contributed by atoms with van der Waals surface area (Å²) in [5, 5.41) is 0. The largest absolute Gasteiger partial charge is 0.234 e. The Labute approximate surface area is 96.4 Å². The van der Waals surface area contributed by atoms with Crippen LogP contribution in [0.1, 0.15) is 36.8 Å². The molecular weight excluding hydrogens is 198 g/mol. The number of carbonyl (C=O) groups excluding carboxylic acids is 1. The first-order valence-electron chi connectivity index (χ1n) is 5.88. The Morgan fingerprint density at radius 1 is 1.31 bits per heavy atom. The Balaban J connectivity index is 2.39. The van der Waals surface area contributed by atoms with E-state index in [1.165, 1.54) is 24.0 Å². The monoisotopic (exact) mass is 215 g/mol. The van der Waals surface area contributed by atoms with E-state index >= 15 is 0 Å². The molecule has 0 N–H and O–H groups in total. The second-order valence-electron chi connectivity index (χ2n) is 4.71. The maximum Gasteiger partial charge on any atom is 0.234 e. The van der Waals surface area contributed by atoms with Crippen molar-refractivity contribution in [3.05, 3.63) is 35.4 Å². The van der Waals surface area contributed by atoms with Gasteiger partial charge in [0.05, 0.1) is 6.54 Å². The molecule has 0 radical (unpaired) electrons. The van der Waals surface area contributed by atoms with E-state index in [9.17, 15) is 4.79 Å². The van der Waals surface area contributed by atoms with Gasteiger partial charge in [-0.2, -0.15) is 0 Å². The van der Waals surface area contributed by atoms with Gasteiger partial charge < -0.3 is 0 Å². The molecule has 2 heteroatoms. The van der Waals surface area contributed by atoms with Crippen LogP contribution >= 0.6 is 0 Å². The van der Waals surface area contributed by atoms with Gasteiger partial charge in [-0.05, 0) is 30.9 Å². The van der Waals surface area contributed by atoms with Crippen molar-refractivity contribution in [3.63, 3.8) is 0 Å². The molecule has 1 aliphatic rings. The highest BCUT2D eigenvalue weighted by Gasteiger charge is 2.36. The zero-order valence-corrected chi connectivity index (χ0v) is 9.70. The number of rotatable bonds is 3. The van der Waals surface area contributed by atoms with Crippen molar-refractivity contribution >= 4 is 6.08 Å². The highest BCUT2D eigenvalue weighted by atomic mass is 16.1. The van der Waals surface area contributed by atoms with Crippen LogP contribution in [0.2, 0.25) is 0 Å². The summed E-state index contributed by atoms with van der Waals surface area (Å²) in [5.74, 6) is 0. The molecule has 0 unspecified atom stereocenters. The van der Waals surface area contributed by atoms with Gasteiger partial charge in [0.1, 0.15) is 0 Å². The third-order valence-corrected chi connectivity index (χ3v) is 3.72. The van der Waals surface area contributed by atoms with Crippen LogP contribution in [-0.2, 0) is 10.2 Å². The average Bonchev–Trinajstić information content (AvgIpc) is 2.77. The van der Waals surface area contributed by atoms with Gasteiger partial charge in [0, 0.05) is 5.41 Å². The zero-order valence-electron chi connectivity index (χ0n) is 9.70. The first kappa shape index (κ1) is 11.1. The molecule has 84 valence electrons. The quantitative estimate of drug-likeness (QED) is 0.562. The van der Waals surface area contributed by atoms with Crippen molar-refractivity contribution in [2.75, 3.05) is 6.54 Å². The fourth-order valence-electron chi connectivity index (χ4n) is 2.92. The van der Waals surface area contributed by atoms with E-state index in [1.54, 1.807) is 6.08 Å². The molecule has 0 aliphatic heterocycles. The lowest BCUT2D eigenvalue weighted by atomic mass is 9.77. The van der Waals surface area contributed by atoms with Crippen molar-refractivity contribution in [3.8, 4) is 0 Å². The lowest BCUT2D eigenvalue weighted by Crippen LogP contribution is -2.26. The summed E-state index contributed by atoms with van der Waals surface area (Å²) in [6, 6.07) is 8.46. The van der Waals surface area contributed by atoms with Gasteiger partial charge in [-0.3, -0.25) is 0 Å². The Kier molecular flexibility index (Phi) is 3.21. The molecular formula is C14H17NO. The molecule has 0 saturated heterocycles. The van der Waals surface area contributed by atoms with Crippen molar-refractivity contribution < 1.29 is 4.79 Å². The summed E-state index contributed by atoms with van der Waals surface area (Å²) in [7, 11) is 0. The predicted octanol–water partition coefficient (Wildman–Crippen LogP) is 3.14. The number of aliphatic imine (C=N–C) groups is 1. The van der Waals surface area contributed by atoms with Gasteiger partial charge in [-0.25, -0.2) is 9.79 Å². The molecule has 2 nitrogen and oxygen atoms in total. The first-order valence-corrected chi connectivity index (χ1v) is 5.88. The molecule has 0 atom stereocenters. The number of isocyanates is 1. The zero-order chi connectivity index (χ0) is 11.4. The maximum atomic E-state index is 10.3. The summed E-state index contributed by atoms with van der Waals surface area (Å²) in [6.45, 7) is 2.74. The number of benzene rings is 1. The highest BCUT2D eigenvalue weighted by Crippen LogP contribution is 2.42. The second kappa shape index (κ2) is 4.63. The van der Waals surface area contributed by atoms with Gasteiger partial charge in [-0.15, -0.1) is 0 Å². The van der Waals surface area contributed by atoms with Crippen LogP contribution in [0.3, 0.4) is 0 Å². The van der Waals surface area contributed by atoms with E-state index in [0.29, 0.717) is 6.54 Å². The third-order valence-electron chi connectivity index (χ3n) is 3.72. The molecule has 1 aromatic carbocycles. The number of hydrogen-bond acceptors (Lipinski definition) is 2. The molecule has 1 fully saturated rings. The van der Waals surface area contributed by atoms with Crippen LogP contribution < -0.4 is 0 Å². The van der Waals surface area contributed by atoms with Crippen molar-refractivity contribution in [2.24, 2.45) is 4.99 Å². The van der Waals surface area contributed by atoms with Crippen LogP contribution in [0, 0.1) is 6.92 Å². The number of aryl methyl sites for hydroxylation is 1. The number of nitrogens with zero attached hydrogens (tertiary/aromatic N) is 1. The summed E-state index contributed by atoms with van der Waals surface area (Å²) in [6.07, 6.45) is 6.44. The van der Waals surface area contributed by atoms with Gasteiger partial charge in [0.2, 0.25) is 6.08 Å². The van der Waals surface area contributed by atoms with E-state index in [0.717, 1.165) is 12.8 Å². The minimum atomic E-state index is 0.1000. The molecule has 0 heterocycles. The minimum absolute atomic E-state index is 0.1000. The summed E-state index contributed by atoms with van der Waals surface area (Å²) in [4.78, 5) is 14.2. The molecule has 0 bridgehead atoms. The topological polar surface area (TPSA) is 29.4 Å². The SMILES string of the molecule is Cc1ccccc1C1(CN=C=O)CCCC1. The molecule has 16 heavy (non-hydrogen) atoms. The van der Waals surface area contributed by atoms with Crippen molar-refractivity contribution in [1.82, 2.24) is 0 Å². The molecule has 2 rings (SSSR count). The van der Waals surface area contributed by atoms with E-state index in [2.05, 4.69) is 36.2 Å². The fourth-order valence-corrected chi connectivity index (χ4v) is 2.92. The summed E-state index contributed by atoms with van der Waals surface area (Å²) >= 11 is 0. The van der Waals surface area contributed by atoms with Gasteiger partial charge >= 0.3 is 0 Å². The van der Waals surface area contributed by atoms with Crippen molar-refractivity contribution in [1.29, 1.82) is 0 Å². The lowest BCUT2D eigenvalue weighted by molar-refractivity contribution is 0.449. The van der Waals surface area contributed by atoms with E-state index in [4.69, 9.17) is 0 Å². The van der Waals surface area contributed by atoms with E-state index in [1.807, 2.05) is 0 Å². The van der Waals surface area contributed by atoms with Crippen LogP contribution in [0.15, 0.2) is 29.3 Å². The Hall–Kier alpha value is -1.40. The van der Waals surface area contributed by atoms with Crippen LogP contribution in [0.25, 0.3) is 0 Å². The van der Waals surface area contributed by atoms with Crippen molar-refractivity contribution in [2.45, 2.75) is 38.0 Å². The Morgan fingerprint density at radius 2 is 2.00 bits per heavy atom. The van der Waals surface area contributed by atoms with Gasteiger partial charge in [0.15, 0.2) is 0 Å². The third kappa shape index (κ3) is 1.94. The predicted molar refractivity (Wildman–Crippen MR) is 64.3 cm³/mol.